The summed E-state index contributed by atoms with van der Waals surface area (Å²) in [6.07, 6.45) is -6.26. The highest BCUT2D eigenvalue weighted by molar-refractivity contribution is 5.66. The van der Waals surface area contributed by atoms with E-state index < -0.39 is 87.8 Å². The molecule has 4 aromatic rings. The van der Waals surface area contributed by atoms with Crippen LogP contribution >= 0.6 is 0 Å². The average Bonchev–Trinajstić information content (AvgIpc) is 2.95. The highest BCUT2D eigenvalue weighted by Gasteiger charge is 2.46. The van der Waals surface area contributed by atoms with E-state index in [1.54, 1.807) is 0 Å². The highest BCUT2D eigenvalue weighted by atomic mass is 16.5. The minimum Gasteiger partial charge on any atom is -0.508 e. The van der Waals surface area contributed by atoms with Crippen LogP contribution in [-0.4, -0.2) is 73.5 Å². The zero-order valence-electron chi connectivity index (χ0n) is 22.3. The summed E-state index contributed by atoms with van der Waals surface area (Å²) in [6.45, 7) is 0. The number of aliphatic hydroxyl groups is 2. The van der Waals surface area contributed by atoms with Crippen molar-refractivity contribution in [3.05, 3.63) is 70.3 Å². The maximum Gasteiger partial charge on any atom is 0.200 e. The van der Waals surface area contributed by atoms with Crippen LogP contribution in [-0.2, 0) is 6.42 Å². The fourth-order valence-corrected chi connectivity index (χ4v) is 5.85. The van der Waals surface area contributed by atoms with Crippen molar-refractivity contribution in [2.75, 3.05) is 0 Å². The van der Waals surface area contributed by atoms with Gasteiger partial charge in [0.25, 0.3) is 0 Å². The summed E-state index contributed by atoms with van der Waals surface area (Å²) >= 11 is 0. The monoisotopic (exact) mass is 610 g/mol. The topological polar surface area (TPSA) is 261 Å². The third-order valence-corrected chi connectivity index (χ3v) is 7.86. The molecule has 14 nitrogen and oxygen atoms in total. The van der Waals surface area contributed by atoms with Crippen LogP contribution in [0.25, 0.3) is 0 Å². The van der Waals surface area contributed by atoms with Gasteiger partial charge in [-0.05, 0) is 24.3 Å². The zero-order chi connectivity index (χ0) is 31.8. The molecule has 4 aromatic carbocycles. The van der Waals surface area contributed by atoms with E-state index in [-0.39, 0.29) is 45.7 Å². The van der Waals surface area contributed by atoms with Crippen molar-refractivity contribution < 1.29 is 70.8 Å². The molecule has 0 amide bonds. The van der Waals surface area contributed by atoms with E-state index in [1.165, 1.54) is 0 Å². The van der Waals surface area contributed by atoms with Gasteiger partial charge in [-0.3, -0.25) is 0 Å². The van der Waals surface area contributed by atoms with Crippen molar-refractivity contribution in [2.24, 2.45) is 0 Å². The average molecular weight is 611 g/mol. The minimum atomic E-state index is -1.75. The summed E-state index contributed by atoms with van der Waals surface area (Å²) < 4.78 is 12.0. The molecule has 2 heterocycles. The third kappa shape index (κ3) is 4.35. The van der Waals surface area contributed by atoms with Crippen LogP contribution < -0.4 is 9.47 Å². The summed E-state index contributed by atoms with van der Waals surface area (Å²) in [5.74, 6) is -8.60. The predicted molar refractivity (Wildman–Crippen MR) is 147 cm³/mol. The van der Waals surface area contributed by atoms with Gasteiger partial charge in [-0.1, -0.05) is 0 Å². The van der Waals surface area contributed by atoms with Crippen molar-refractivity contribution in [3.63, 3.8) is 0 Å². The number of hydrogen-bond donors (Lipinski definition) is 12. The van der Waals surface area contributed by atoms with Gasteiger partial charge >= 0.3 is 0 Å². The summed E-state index contributed by atoms with van der Waals surface area (Å²) in [4.78, 5) is 0. The number of aliphatic hydroxyl groups excluding tert-OH is 2. The van der Waals surface area contributed by atoms with Gasteiger partial charge in [0.15, 0.2) is 46.7 Å². The molecule has 0 unspecified atom stereocenters. The lowest BCUT2D eigenvalue weighted by Crippen LogP contribution is -2.36. The fourth-order valence-electron chi connectivity index (χ4n) is 5.85. The molecule has 0 saturated carbocycles. The first-order valence-corrected chi connectivity index (χ1v) is 13.1. The van der Waals surface area contributed by atoms with Gasteiger partial charge in [0, 0.05) is 52.4 Å². The Morgan fingerprint density at radius 1 is 0.523 bits per heavy atom. The van der Waals surface area contributed by atoms with Crippen molar-refractivity contribution >= 4 is 0 Å². The highest BCUT2D eigenvalue weighted by Crippen LogP contribution is 2.57. The summed E-state index contributed by atoms with van der Waals surface area (Å²) in [6, 6.07) is 7.08. The Morgan fingerprint density at radius 3 is 1.61 bits per heavy atom. The molecule has 44 heavy (non-hydrogen) atoms. The second-order valence-corrected chi connectivity index (χ2v) is 10.6. The molecule has 6 rings (SSSR count). The molecule has 14 heteroatoms. The van der Waals surface area contributed by atoms with E-state index in [0.29, 0.717) is 0 Å². The Labute approximate surface area is 247 Å². The Bertz CT molecular complexity index is 1770. The zero-order valence-corrected chi connectivity index (χ0v) is 22.3. The number of fused-ring (bicyclic) bond motifs is 2. The van der Waals surface area contributed by atoms with Crippen molar-refractivity contribution in [3.8, 4) is 69.0 Å². The molecule has 2 aliphatic heterocycles. The molecule has 0 saturated heterocycles. The third-order valence-electron chi connectivity index (χ3n) is 7.86. The molecule has 0 fully saturated rings. The van der Waals surface area contributed by atoms with E-state index in [1.807, 2.05) is 0 Å². The van der Waals surface area contributed by atoms with Crippen LogP contribution in [0.4, 0.5) is 0 Å². The Kier molecular flexibility index (Phi) is 6.48. The first kappa shape index (κ1) is 28.5. The van der Waals surface area contributed by atoms with Gasteiger partial charge in [0.2, 0.25) is 0 Å². The number of phenolic OH excluding ortho intramolecular Hbond substituents is 10. The second-order valence-electron chi connectivity index (χ2n) is 10.6. The van der Waals surface area contributed by atoms with E-state index in [4.69, 9.17) is 9.47 Å². The van der Waals surface area contributed by atoms with Crippen LogP contribution in [0.1, 0.15) is 45.9 Å². The summed E-state index contributed by atoms with van der Waals surface area (Å²) in [5.41, 5.74) is -0.410. The largest absolute Gasteiger partial charge is 0.508 e. The number of ether oxygens (including phenoxy) is 2. The quantitative estimate of drug-likeness (QED) is 0.149. The molecular formula is C30H26O14. The van der Waals surface area contributed by atoms with Gasteiger partial charge < -0.3 is 70.8 Å². The van der Waals surface area contributed by atoms with Crippen LogP contribution in [0.5, 0.6) is 69.0 Å². The van der Waals surface area contributed by atoms with Crippen LogP contribution in [0.15, 0.2) is 42.5 Å². The lowest BCUT2D eigenvalue weighted by Gasteiger charge is -2.40. The Morgan fingerprint density at radius 2 is 1.05 bits per heavy atom. The van der Waals surface area contributed by atoms with E-state index in [0.717, 1.165) is 42.5 Å². The van der Waals surface area contributed by atoms with E-state index >= 15 is 0 Å². The molecule has 0 spiro atoms. The van der Waals surface area contributed by atoms with E-state index in [2.05, 4.69) is 0 Å². The molecule has 5 atom stereocenters. The molecule has 2 aliphatic rings. The molecule has 0 aliphatic carbocycles. The van der Waals surface area contributed by atoms with Gasteiger partial charge in [0.1, 0.15) is 40.6 Å². The van der Waals surface area contributed by atoms with Crippen molar-refractivity contribution in [1.29, 1.82) is 0 Å². The molecule has 0 bridgehead atoms. The molecule has 12 N–H and O–H groups in total. The Hall–Kier alpha value is -5.60. The summed E-state index contributed by atoms with van der Waals surface area (Å²) in [7, 11) is 0. The van der Waals surface area contributed by atoms with Gasteiger partial charge in [0.05, 0.1) is 12.0 Å². The molecule has 230 valence electrons. The molecule has 0 aromatic heterocycles. The normalized spacial score (nSPS) is 22.4. The van der Waals surface area contributed by atoms with Crippen LogP contribution in [0.3, 0.4) is 0 Å². The molecule has 0 radical (unpaired) electrons. The number of benzene rings is 4. The van der Waals surface area contributed by atoms with Gasteiger partial charge in [-0.25, -0.2) is 0 Å². The van der Waals surface area contributed by atoms with Crippen LogP contribution in [0, 0.1) is 0 Å². The number of phenols is 10. The van der Waals surface area contributed by atoms with Crippen LogP contribution in [0.2, 0.25) is 0 Å². The lowest BCUT2D eigenvalue weighted by atomic mass is 9.77. The van der Waals surface area contributed by atoms with Gasteiger partial charge in [-0.15, -0.1) is 0 Å². The standard InChI is InChI=1S/C30H26O14/c31-11-5-14(33)22-21(6-11)43-29(10-3-18(37)26(41)19(38)4-10)27(42)24(22)23-15(34)8-13(32)12-7-20(39)28(44-30(12)23)9-1-16(35)25(40)17(36)2-9/h1-6,8,20,24,27-29,31-42H,7H2/t20-,24-,27-,28-,29-/m1/s1. The predicted octanol–water partition coefficient (Wildman–Crippen LogP) is 2.41. The number of rotatable bonds is 3. The first-order valence-electron chi connectivity index (χ1n) is 13.1. The second kappa shape index (κ2) is 10.00. The number of hydrogen-bond acceptors (Lipinski definition) is 14. The first-order chi connectivity index (χ1) is 20.8. The maximum atomic E-state index is 11.8. The fraction of sp³-hybridized carbons (Fsp3) is 0.200. The Balaban J connectivity index is 1.56. The van der Waals surface area contributed by atoms with Crippen molar-refractivity contribution in [2.45, 2.75) is 36.8 Å². The summed E-state index contributed by atoms with van der Waals surface area (Å²) in [5, 5.41) is 126. The maximum absolute atomic E-state index is 11.8. The minimum absolute atomic E-state index is 0.00153. The van der Waals surface area contributed by atoms with E-state index in [9.17, 15) is 61.3 Å². The number of aromatic hydroxyl groups is 10. The SMILES string of the molecule is Oc1cc(O)c2c(c1)O[C@H](c1cc(O)c(O)c(O)c1)[C@H](O)[C@H]2c1c(O)cc(O)c2c1O[C@H](c1cc(O)c(O)c(O)c1)[C@H](O)C2. The smallest absolute Gasteiger partial charge is 0.200 e. The van der Waals surface area contributed by atoms with Crippen molar-refractivity contribution in [1.82, 2.24) is 0 Å². The molecular weight excluding hydrogens is 584 g/mol. The van der Waals surface area contributed by atoms with Gasteiger partial charge in [-0.2, -0.15) is 0 Å². The lowest BCUT2D eigenvalue weighted by molar-refractivity contribution is 0.00106.